The summed E-state index contributed by atoms with van der Waals surface area (Å²) in [5, 5.41) is 9.07. The van der Waals surface area contributed by atoms with Gasteiger partial charge in [0.2, 0.25) is 0 Å². The standard InChI is InChI=1S/C13H14N2/c14-9-13-6-12(13)8-15(10-13)7-11-4-2-1-3-5-11/h1-5,12H,6-8,10H2/t12-,13-/m1/s1. The van der Waals surface area contributed by atoms with Crippen molar-refractivity contribution in [3.05, 3.63) is 35.9 Å². The van der Waals surface area contributed by atoms with Gasteiger partial charge >= 0.3 is 0 Å². The number of nitrogens with zero attached hydrogens (tertiary/aromatic N) is 2. The number of benzene rings is 1. The Hall–Kier alpha value is -1.33. The van der Waals surface area contributed by atoms with Gasteiger partial charge in [0.25, 0.3) is 0 Å². The summed E-state index contributed by atoms with van der Waals surface area (Å²) in [7, 11) is 0. The van der Waals surface area contributed by atoms with Crippen molar-refractivity contribution < 1.29 is 0 Å². The van der Waals surface area contributed by atoms with Crippen LogP contribution in [0.2, 0.25) is 0 Å². The zero-order valence-corrected chi connectivity index (χ0v) is 8.69. The lowest BCUT2D eigenvalue weighted by Crippen LogP contribution is -2.24. The van der Waals surface area contributed by atoms with Crippen LogP contribution >= 0.6 is 0 Å². The molecule has 76 valence electrons. The molecular formula is C13H14N2. The summed E-state index contributed by atoms with van der Waals surface area (Å²) < 4.78 is 0. The topological polar surface area (TPSA) is 27.0 Å². The Morgan fingerprint density at radius 3 is 2.87 bits per heavy atom. The van der Waals surface area contributed by atoms with Gasteiger partial charge in [-0.15, -0.1) is 0 Å². The first-order chi connectivity index (χ1) is 7.32. The lowest BCUT2D eigenvalue weighted by atomic mass is 10.1. The molecule has 3 rings (SSSR count). The van der Waals surface area contributed by atoms with E-state index in [4.69, 9.17) is 5.26 Å². The SMILES string of the molecule is N#C[C@@]12C[C@@H]1CN(Cc1ccccc1)C2. The summed E-state index contributed by atoms with van der Waals surface area (Å²) in [6.45, 7) is 3.09. The third-order valence-electron chi connectivity index (χ3n) is 3.69. The van der Waals surface area contributed by atoms with Crippen LogP contribution in [0.15, 0.2) is 30.3 Å². The highest BCUT2D eigenvalue weighted by Crippen LogP contribution is 2.57. The molecule has 0 unspecified atom stereocenters. The molecule has 0 N–H and O–H groups in total. The summed E-state index contributed by atoms with van der Waals surface area (Å²) >= 11 is 0. The number of piperidine rings is 1. The maximum atomic E-state index is 9.07. The fourth-order valence-corrected chi connectivity index (χ4v) is 2.72. The minimum atomic E-state index is 0.0365. The van der Waals surface area contributed by atoms with Crippen molar-refractivity contribution in [1.29, 1.82) is 5.26 Å². The highest BCUT2D eigenvalue weighted by atomic mass is 15.2. The minimum absolute atomic E-state index is 0.0365. The molecule has 1 aliphatic heterocycles. The predicted molar refractivity (Wildman–Crippen MR) is 57.9 cm³/mol. The molecule has 2 atom stereocenters. The van der Waals surface area contributed by atoms with Crippen molar-refractivity contribution >= 4 is 0 Å². The molecule has 0 radical (unpaired) electrons. The zero-order chi connectivity index (χ0) is 10.3. The normalized spacial score (nSPS) is 33.4. The van der Waals surface area contributed by atoms with Crippen LogP contribution in [0.5, 0.6) is 0 Å². The van der Waals surface area contributed by atoms with E-state index in [9.17, 15) is 0 Å². The first kappa shape index (κ1) is 8.94. The minimum Gasteiger partial charge on any atom is -0.297 e. The highest BCUT2D eigenvalue weighted by Gasteiger charge is 2.60. The van der Waals surface area contributed by atoms with Crippen molar-refractivity contribution in [2.75, 3.05) is 13.1 Å². The third-order valence-corrected chi connectivity index (χ3v) is 3.69. The van der Waals surface area contributed by atoms with Gasteiger partial charge in [0, 0.05) is 19.6 Å². The Bertz CT molecular complexity index is 406. The Morgan fingerprint density at radius 2 is 2.20 bits per heavy atom. The van der Waals surface area contributed by atoms with Gasteiger partial charge in [0.05, 0.1) is 11.5 Å². The van der Waals surface area contributed by atoms with Gasteiger partial charge in [-0.2, -0.15) is 5.26 Å². The molecule has 0 spiro atoms. The van der Waals surface area contributed by atoms with Gasteiger partial charge in [-0.3, -0.25) is 4.90 Å². The fraction of sp³-hybridized carbons (Fsp3) is 0.462. The second-order valence-electron chi connectivity index (χ2n) is 4.82. The second-order valence-corrected chi connectivity index (χ2v) is 4.82. The number of rotatable bonds is 2. The van der Waals surface area contributed by atoms with Crippen LogP contribution in [0.3, 0.4) is 0 Å². The molecule has 1 aromatic carbocycles. The van der Waals surface area contributed by atoms with E-state index >= 15 is 0 Å². The maximum Gasteiger partial charge on any atom is 0.0745 e. The van der Waals surface area contributed by atoms with Gasteiger partial charge < -0.3 is 0 Å². The van der Waals surface area contributed by atoms with E-state index in [1.165, 1.54) is 5.56 Å². The van der Waals surface area contributed by atoms with Crippen LogP contribution < -0.4 is 0 Å². The van der Waals surface area contributed by atoms with Crippen molar-refractivity contribution in [2.24, 2.45) is 11.3 Å². The van der Waals surface area contributed by atoms with E-state index in [0.29, 0.717) is 5.92 Å². The molecule has 2 nitrogen and oxygen atoms in total. The predicted octanol–water partition coefficient (Wildman–Crippen LogP) is 2.03. The second kappa shape index (κ2) is 3.08. The highest BCUT2D eigenvalue weighted by molar-refractivity contribution is 5.23. The van der Waals surface area contributed by atoms with Gasteiger partial charge in [-0.05, 0) is 17.9 Å². The number of likely N-dealkylation sites (tertiary alicyclic amines) is 1. The molecular weight excluding hydrogens is 184 g/mol. The van der Waals surface area contributed by atoms with Gasteiger partial charge in [0.15, 0.2) is 0 Å². The molecule has 2 heteroatoms. The van der Waals surface area contributed by atoms with E-state index in [-0.39, 0.29) is 5.41 Å². The van der Waals surface area contributed by atoms with E-state index in [0.717, 1.165) is 26.1 Å². The van der Waals surface area contributed by atoms with Gasteiger partial charge in [-0.1, -0.05) is 30.3 Å². The van der Waals surface area contributed by atoms with Gasteiger partial charge in [-0.25, -0.2) is 0 Å². The monoisotopic (exact) mass is 198 g/mol. The summed E-state index contributed by atoms with van der Waals surface area (Å²) in [5.74, 6) is 0.659. The number of hydrogen-bond donors (Lipinski definition) is 0. The summed E-state index contributed by atoms with van der Waals surface area (Å²) in [6.07, 6.45) is 1.13. The first-order valence-electron chi connectivity index (χ1n) is 5.50. The average Bonchev–Trinajstić information content (AvgIpc) is 2.84. The quantitative estimate of drug-likeness (QED) is 0.727. The molecule has 0 bridgehead atoms. The van der Waals surface area contributed by atoms with Crippen molar-refractivity contribution in [3.8, 4) is 6.07 Å². The van der Waals surface area contributed by atoms with E-state index < -0.39 is 0 Å². The lowest BCUT2D eigenvalue weighted by Gasteiger charge is -2.18. The number of nitriles is 1. The molecule has 1 heterocycles. The Morgan fingerprint density at radius 1 is 1.40 bits per heavy atom. The molecule has 1 aliphatic carbocycles. The first-order valence-corrected chi connectivity index (χ1v) is 5.50. The Balaban J connectivity index is 1.66. The maximum absolute atomic E-state index is 9.07. The largest absolute Gasteiger partial charge is 0.297 e. The molecule has 0 aromatic heterocycles. The summed E-state index contributed by atoms with van der Waals surface area (Å²) in [4.78, 5) is 2.41. The summed E-state index contributed by atoms with van der Waals surface area (Å²) in [6, 6.07) is 13.0. The third kappa shape index (κ3) is 1.44. The molecule has 0 amide bonds. The van der Waals surface area contributed by atoms with E-state index in [2.05, 4.69) is 35.2 Å². The molecule has 1 saturated heterocycles. The van der Waals surface area contributed by atoms with E-state index in [1.54, 1.807) is 0 Å². The zero-order valence-electron chi connectivity index (χ0n) is 8.69. The number of fused-ring (bicyclic) bond motifs is 1. The van der Waals surface area contributed by atoms with Crippen molar-refractivity contribution in [2.45, 2.75) is 13.0 Å². The summed E-state index contributed by atoms with van der Waals surface area (Å²) in [5.41, 5.74) is 1.39. The molecule has 2 fully saturated rings. The van der Waals surface area contributed by atoms with E-state index in [1.807, 2.05) is 6.07 Å². The Labute approximate surface area is 90.1 Å². The molecule has 1 aromatic rings. The smallest absolute Gasteiger partial charge is 0.0745 e. The lowest BCUT2D eigenvalue weighted by molar-refractivity contribution is 0.287. The number of hydrogen-bond acceptors (Lipinski definition) is 2. The van der Waals surface area contributed by atoms with Crippen LogP contribution in [0.4, 0.5) is 0 Å². The molecule has 1 saturated carbocycles. The van der Waals surface area contributed by atoms with Crippen molar-refractivity contribution in [1.82, 2.24) is 4.90 Å². The van der Waals surface area contributed by atoms with Crippen LogP contribution in [0.25, 0.3) is 0 Å². The molecule has 2 aliphatic rings. The average molecular weight is 198 g/mol. The van der Waals surface area contributed by atoms with Crippen LogP contribution in [0.1, 0.15) is 12.0 Å². The Kier molecular flexibility index (Phi) is 1.83. The fourth-order valence-electron chi connectivity index (χ4n) is 2.72. The van der Waals surface area contributed by atoms with Crippen molar-refractivity contribution in [3.63, 3.8) is 0 Å². The van der Waals surface area contributed by atoms with Crippen LogP contribution in [-0.2, 0) is 6.54 Å². The van der Waals surface area contributed by atoms with Crippen LogP contribution in [-0.4, -0.2) is 18.0 Å². The van der Waals surface area contributed by atoms with Gasteiger partial charge in [0.1, 0.15) is 0 Å². The molecule has 15 heavy (non-hydrogen) atoms. The van der Waals surface area contributed by atoms with Crippen LogP contribution in [0, 0.1) is 22.7 Å².